The molecule has 0 aliphatic heterocycles. The second-order valence-electron chi connectivity index (χ2n) is 4.89. The normalized spacial score (nSPS) is 11.9. The molecule has 0 aliphatic carbocycles. The molecule has 0 amide bonds. The maximum Gasteiger partial charge on any atom is 0.107 e. The van der Waals surface area contributed by atoms with E-state index in [1.807, 2.05) is 24.7 Å². The lowest BCUT2D eigenvalue weighted by atomic mass is 9.89. The van der Waals surface area contributed by atoms with Gasteiger partial charge in [-0.25, -0.2) is 4.98 Å². The van der Waals surface area contributed by atoms with Crippen LogP contribution in [0.1, 0.15) is 19.7 Å². The largest absolute Gasteiger partial charge is 0.367 e. The molecule has 0 radical (unpaired) electrons. The van der Waals surface area contributed by atoms with Gasteiger partial charge in [-0.05, 0) is 18.0 Å². The summed E-state index contributed by atoms with van der Waals surface area (Å²) in [6.07, 6.45) is 6.59. The predicted octanol–water partition coefficient (Wildman–Crippen LogP) is 1.93. The third-order valence-corrected chi connectivity index (χ3v) is 2.74. The number of H-pyrrole nitrogens is 2. The number of nitrogens with two attached hydrogens (primary N) is 1. The van der Waals surface area contributed by atoms with Crippen LogP contribution in [0.25, 0.3) is 11.3 Å². The minimum Gasteiger partial charge on any atom is -0.367 e. The Labute approximate surface area is 95.3 Å². The van der Waals surface area contributed by atoms with Crippen LogP contribution in [-0.4, -0.2) is 21.5 Å². The molecule has 86 valence electrons. The minimum absolute atomic E-state index is 0.0905. The lowest BCUT2D eigenvalue weighted by Gasteiger charge is -2.20. The van der Waals surface area contributed by atoms with Crippen LogP contribution in [0, 0.1) is 5.41 Å². The van der Waals surface area contributed by atoms with Gasteiger partial charge in [0.2, 0.25) is 0 Å². The third kappa shape index (κ3) is 2.33. The Balaban J connectivity index is 2.14. The van der Waals surface area contributed by atoms with Gasteiger partial charge in [0, 0.05) is 24.4 Å². The molecule has 4 nitrogen and oxygen atoms in total. The number of aromatic nitrogens is 3. The van der Waals surface area contributed by atoms with Gasteiger partial charge in [0.25, 0.3) is 0 Å². The van der Waals surface area contributed by atoms with Crippen LogP contribution in [0.15, 0.2) is 24.7 Å². The van der Waals surface area contributed by atoms with Crippen molar-refractivity contribution in [3.8, 4) is 11.3 Å². The van der Waals surface area contributed by atoms with E-state index in [4.69, 9.17) is 5.73 Å². The van der Waals surface area contributed by atoms with Gasteiger partial charge in [-0.2, -0.15) is 0 Å². The molecule has 0 spiro atoms. The van der Waals surface area contributed by atoms with Crippen molar-refractivity contribution in [2.45, 2.75) is 20.3 Å². The molecule has 16 heavy (non-hydrogen) atoms. The molecule has 0 bridgehead atoms. The van der Waals surface area contributed by atoms with Gasteiger partial charge in [-0.15, -0.1) is 0 Å². The van der Waals surface area contributed by atoms with Crippen LogP contribution in [0.5, 0.6) is 0 Å². The minimum atomic E-state index is 0.0905. The van der Waals surface area contributed by atoms with Crippen molar-refractivity contribution in [3.63, 3.8) is 0 Å². The van der Waals surface area contributed by atoms with Crippen molar-refractivity contribution in [2.24, 2.45) is 11.1 Å². The average molecular weight is 218 g/mol. The van der Waals surface area contributed by atoms with Gasteiger partial charge < -0.3 is 15.7 Å². The van der Waals surface area contributed by atoms with E-state index in [9.17, 15) is 0 Å². The SMILES string of the molecule is CC(C)(CN)Cc1ncc(-c2cc[nH]c2)[nH]1. The first-order valence-electron chi connectivity index (χ1n) is 5.48. The zero-order valence-electron chi connectivity index (χ0n) is 9.75. The molecule has 2 heterocycles. The van der Waals surface area contributed by atoms with Crippen LogP contribution < -0.4 is 5.73 Å². The second-order valence-corrected chi connectivity index (χ2v) is 4.89. The predicted molar refractivity (Wildman–Crippen MR) is 64.9 cm³/mol. The first kappa shape index (κ1) is 11.0. The fourth-order valence-electron chi connectivity index (χ4n) is 1.62. The standard InChI is InChI=1S/C12H18N4/c1-12(2,8-13)5-11-15-7-10(16-11)9-3-4-14-6-9/h3-4,6-7,14H,5,8,13H2,1-2H3,(H,15,16). The van der Waals surface area contributed by atoms with Crippen molar-refractivity contribution in [2.75, 3.05) is 6.54 Å². The summed E-state index contributed by atoms with van der Waals surface area (Å²) in [4.78, 5) is 10.7. The molecule has 2 rings (SSSR count). The van der Waals surface area contributed by atoms with Crippen LogP contribution in [0.4, 0.5) is 0 Å². The van der Waals surface area contributed by atoms with Gasteiger partial charge in [-0.3, -0.25) is 0 Å². The number of nitrogens with zero attached hydrogens (tertiary/aromatic N) is 1. The third-order valence-electron chi connectivity index (χ3n) is 2.74. The topological polar surface area (TPSA) is 70.5 Å². The highest BCUT2D eigenvalue weighted by molar-refractivity contribution is 5.57. The highest BCUT2D eigenvalue weighted by Crippen LogP contribution is 2.21. The van der Waals surface area contributed by atoms with E-state index in [1.165, 1.54) is 0 Å². The first-order valence-corrected chi connectivity index (χ1v) is 5.48. The molecule has 4 heteroatoms. The van der Waals surface area contributed by atoms with E-state index in [-0.39, 0.29) is 5.41 Å². The number of rotatable bonds is 4. The highest BCUT2D eigenvalue weighted by Gasteiger charge is 2.18. The number of hydrogen-bond donors (Lipinski definition) is 3. The fraction of sp³-hybridized carbons (Fsp3) is 0.417. The quantitative estimate of drug-likeness (QED) is 0.733. The Kier molecular flexibility index (Phi) is 2.83. The summed E-state index contributed by atoms with van der Waals surface area (Å²) >= 11 is 0. The van der Waals surface area contributed by atoms with Crippen LogP contribution in [0.2, 0.25) is 0 Å². The summed E-state index contributed by atoms with van der Waals surface area (Å²) in [6, 6.07) is 2.02. The molecular weight excluding hydrogens is 200 g/mol. The van der Waals surface area contributed by atoms with E-state index in [0.717, 1.165) is 23.5 Å². The van der Waals surface area contributed by atoms with Crippen molar-refractivity contribution in [1.82, 2.24) is 15.0 Å². The Morgan fingerprint density at radius 1 is 1.44 bits per heavy atom. The lowest BCUT2D eigenvalue weighted by Crippen LogP contribution is -2.26. The molecule has 0 unspecified atom stereocenters. The molecule has 0 saturated heterocycles. The van der Waals surface area contributed by atoms with Gasteiger partial charge in [0.1, 0.15) is 5.82 Å². The lowest BCUT2D eigenvalue weighted by molar-refractivity contribution is 0.369. The van der Waals surface area contributed by atoms with E-state index < -0.39 is 0 Å². The number of aromatic amines is 2. The van der Waals surface area contributed by atoms with Gasteiger partial charge in [-0.1, -0.05) is 13.8 Å². The second kappa shape index (κ2) is 4.14. The van der Waals surface area contributed by atoms with Gasteiger partial charge >= 0.3 is 0 Å². The van der Waals surface area contributed by atoms with Crippen molar-refractivity contribution < 1.29 is 0 Å². The fourth-order valence-corrected chi connectivity index (χ4v) is 1.62. The molecule has 0 fully saturated rings. The average Bonchev–Trinajstić information content (AvgIpc) is 2.86. The van der Waals surface area contributed by atoms with E-state index >= 15 is 0 Å². The molecule has 2 aromatic rings. The Bertz CT molecular complexity index is 439. The van der Waals surface area contributed by atoms with Crippen molar-refractivity contribution in [3.05, 3.63) is 30.5 Å². The Morgan fingerprint density at radius 2 is 2.25 bits per heavy atom. The van der Waals surface area contributed by atoms with Crippen LogP contribution in [0.3, 0.4) is 0 Å². The summed E-state index contributed by atoms with van der Waals surface area (Å²) in [7, 11) is 0. The Hall–Kier alpha value is -1.55. The van der Waals surface area contributed by atoms with E-state index in [2.05, 4.69) is 28.8 Å². The summed E-state index contributed by atoms with van der Waals surface area (Å²) < 4.78 is 0. The zero-order chi connectivity index (χ0) is 11.6. The molecule has 2 aromatic heterocycles. The van der Waals surface area contributed by atoms with Crippen LogP contribution >= 0.6 is 0 Å². The molecule has 0 saturated carbocycles. The van der Waals surface area contributed by atoms with Crippen LogP contribution in [-0.2, 0) is 6.42 Å². The zero-order valence-corrected chi connectivity index (χ0v) is 9.75. The maximum atomic E-state index is 5.71. The maximum absolute atomic E-state index is 5.71. The van der Waals surface area contributed by atoms with E-state index in [1.54, 1.807) is 0 Å². The Morgan fingerprint density at radius 3 is 2.88 bits per heavy atom. The summed E-state index contributed by atoms with van der Waals surface area (Å²) in [6.45, 7) is 4.95. The molecular formula is C12H18N4. The van der Waals surface area contributed by atoms with Crippen molar-refractivity contribution in [1.29, 1.82) is 0 Å². The smallest absolute Gasteiger partial charge is 0.107 e. The van der Waals surface area contributed by atoms with Gasteiger partial charge in [0.05, 0.1) is 11.9 Å². The molecule has 0 aliphatic rings. The summed E-state index contributed by atoms with van der Waals surface area (Å²) in [5.74, 6) is 0.992. The highest BCUT2D eigenvalue weighted by atomic mass is 14.9. The molecule has 0 aromatic carbocycles. The molecule has 4 N–H and O–H groups in total. The van der Waals surface area contributed by atoms with Crippen molar-refractivity contribution >= 4 is 0 Å². The number of imidazole rings is 1. The molecule has 0 atom stereocenters. The first-order chi connectivity index (χ1) is 7.61. The monoisotopic (exact) mass is 218 g/mol. The number of hydrogen-bond acceptors (Lipinski definition) is 2. The summed E-state index contributed by atoms with van der Waals surface area (Å²) in [5.41, 5.74) is 7.97. The summed E-state index contributed by atoms with van der Waals surface area (Å²) in [5, 5.41) is 0. The number of nitrogens with one attached hydrogen (secondary N) is 2. The van der Waals surface area contributed by atoms with Gasteiger partial charge in [0.15, 0.2) is 0 Å². The van der Waals surface area contributed by atoms with E-state index in [0.29, 0.717) is 6.54 Å².